The van der Waals surface area contributed by atoms with Crippen LogP contribution in [0, 0.1) is 11.7 Å². The Balaban J connectivity index is 1.56. The van der Waals surface area contributed by atoms with Gasteiger partial charge in [-0.3, -0.25) is 9.59 Å². The molecule has 9 heteroatoms. The zero-order valence-electron chi connectivity index (χ0n) is 22.7. The van der Waals surface area contributed by atoms with Crippen LogP contribution in [0.2, 0.25) is 5.02 Å². The maximum absolute atomic E-state index is 14.9. The van der Waals surface area contributed by atoms with Gasteiger partial charge in [0, 0.05) is 39.8 Å². The van der Waals surface area contributed by atoms with E-state index in [0.29, 0.717) is 58.2 Å². The maximum Gasteiger partial charge on any atom is 0.337 e. The lowest BCUT2D eigenvalue weighted by molar-refractivity contribution is -0.129. The van der Waals surface area contributed by atoms with Gasteiger partial charge in [-0.2, -0.15) is 0 Å². The Labute approximate surface area is 251 Å². The molecule has 2 aliphatic heterocycles. The first kappa shape index (κ1) is 29.0. The minimum atomic E-state index is -0.551. The van der Waals surface area contributed by atoms with Gasteiger partial charge in [0.1, 0.15) is 5.82 Å². The number of fused-ring (bicyclic) bond motifs is 4. The number of amides is 2. The molecule has 0 saturated heterocycles. The van der Waals surface area contributed by atoms with Crippen molar-refractivity contribution in [3.63, 3.8) is 0 Å². The third-order valence-corrected chi connectivity index (χ3v) is 8.74. The van der Waals surface area contributed by atoms with Gasteiger partial charge < -0.3 is 15.0 Å². The second kappa shape index (κ2) is 12.2. The number of benzene rings is 3. The van der Waals surface area contributed by atoms with E-state index >= 15 is 0 Å². The van der Waals surface area contributed by atoms with Crippen molar-refractivity contribution in [2.45, 2.75) is 38.6 Å². The highest BCUT2D eigenvalue weighted by Crippen LogP contribution is 2.39. The number of methoxy groups -OCH3 is 1. The minimum Gasteiger partial charge on any atom is -0.465 e. The largest absolute Gasteiger partial charge is 0.465 e. The number of anilines is 1. The highest BCUT2D eigenvalue weighted by Gasteiger charge is 2.30. The van der Waals surface area contributed by atoms with E-state index in [0.717, 1.165) is 17.5 Å². The highest BCUT2D eigenvalue weighted by molar-refractivity contribution is 9.10. The van der Waals surface area contributed by atoms with Gasteiger partial charge in [0.05, 0.1) is 23.7 Å². The van der Waals surface area contributed by atoms with Gasteiger partial charge in [0.2, 0.25) is 11.8 Å². The fourth-order valence-electron chi connectivity index (χ4n) is 5.54. The Hall–Kier alpha value is -3.49. The number of carbonyl (C=O) groups excluding carboxylic acids is 3. The monoisotopic (exact) mass is 638 g/mol. The molecule has 212 valence electrons. The summed E-state index contributed by atoms with van der Waals surface area (Å²) >= 11 is 9.44. The number of nitrogens with one attached hydrogen (secondary N) is 1. The summed E-state index contributed by atoms with van der Waals surface area (Å²) in [4.78, 5) is 40.8. The molecule has 41 heavy (non-hydrogen) atoms. The van der Waals surface area contributed by atoms with Crippen LogP contribution in [-0.4, -0.2) is 36.3 Å². The lowest BCUT2D eigenvalue weighted by Crippen LogP contribution is -2.37. The predicted molar refractivity (Wildman–Crippen MR) is 161 cm³/mol. The van der Waals surface area contributed by atoms with Crippen molar-refractivity contribution in [3.8, 4) is 11.1 Å². The van der Waals surface area contributed by atoms with Crippen LogP contribution in [0.25, 0.3) is 16.7 Å². The van der Waals surface area contributed by atoms with Gasteiger partial charge in [-0.05, 0) is 72.4 Å². The molecule has 5 rings (SSSR count). The summed E-state index contributed by atoms with van der Waals surface area (Å²) in [5.74, 6) is -1.60. The van der Waals surface area contributed by atoms with E-state index in [1.54, 1.807) is 24.3 Å². The average molecular weight is 640 g/mol. The van der Waals surface area contributed by atoms with Crippen molar-refractivity contribution in [1.82, 2.24) is 4.90 Å². The van der Waals surface area contributed by atoms with Crippen LogP contribution in [0.5, 0.6) is 0 Å². The summed E-state index contributed by atoms with van der Waals surface area (Å²) in [6.07, 6.45) is 3.98. The molecular weight excluding hydrogens is 611 g/mol. The number of carbonyl (C=O) groups is 3. The first-order chi connectivity index (χ1) is 19.7. The predicted octanol–water partition coefficient (Wildman–Crippen LogP) is 7.81. The van der Waals surface area contributed by atoms with Crippen LogP contribution in [-0.2, 0) is 14.3 Å². The summed E-state index contributed by atoms with van der Waals surface area (Å²) in [5.41, 5.74) is 4.29. The van der Waals surface area contributed by atoms with Gasteiger partial charge in [0.15, 0.2) is 0 Å². The molecule has 1 N–H and O–H groups in total. The Morgan fingerprint density at radius 1 is 1.12 bits per heavy atom. The fourth-order valence-corrected chi connectivity index (χ4v) is 6.26. The molecule has 0 radical (unpaired) electrons. The number of esters is 1. The Kier molecular flexibility index (Phi) is 8.61. The van der Waals surface area contributed by atoms with Crippen LogP contribution in [0.4, 0.5) is 10.1 Å². The van der Waals surface area contributed by atoms with Crippen LogP contribution in [0.3, 0.4) is 0 Å². The third kappa shape index (κ3) is 5.95. The quantitative estimate of drug-likeness (QED) is 0.234. The number of halogens is 3. The molecule has 2 bridgehead atoms. The van der Waals surface area contributed by atoms with Crippen molar-refractivity contribution >= 4 is 56.6 Å². The van der Waals surface area contributed by atoms with Gasteiger partial charge in [0.25, 0.3) is 0 Å². The van der Waals surface area contributed by atoms with Gasteiger partial charge in [-0.1, -0.05) is 59.1 Å². The number of hydrogen-bond donors (Lipinski definition) is 1. The second-order valence-electron chi connectivity index (χ2n) is 10.4. The zero-order chi connectivity index (χ0) is 29.3. The van der Waals surface area contributed by atoms with Crippen LogP contribution >= 0.6 is 27.5 Å². The SMILES string of the molecule is COC(=O)c1ccc2c(c1)-c1cccc(c1)C(N1CCC(c3c(Br)ccc(Cl)c3F)=CC1=O)CCCC(C)C(=O)N2. The second-order valence-corrected chi connectivity index (χ2v) is 11.6. The molecule has 2 heterocycles. The Bertz CT molecular complexity index is 1570. The minimum absolute atomic E-state index is 0.00362. The molecule has 3 aromatic rings. The van der Waals surface area contributed by atoms with Gasteiger partial charge in [-0.25, -0.2) is 9.18 Å². The number of nitrogens with zero attached hydrogens (tertiary/aromatic N) is 1. The van der Waals surface area contributed by atoms with E-state index in [1.165, 1.54) is 19.3 Å². The molecule has 0 saturated carbocycles. The molecule has 2 aliphatic rings. The summed E-state index contributed by atoms with van der Waals surface area (Å²) in [6, 6.07) is 15.8. The van der Waals surface area contributed by atoms with E-state index < -0.39 is 11.8 Å². The van der Waals surface area contributed by atoms with Gasteiger partial charge >= 0.3 is 5.97 Å². The molecule has 0 aromatic heterocycles. The molecular formula is C32H29BrClFN2O4. The standard InChI is InChI=1S/C32H29BrClFN2O4/c1-18-5-3-8-27(37-14-13-21(17-28(37)38)29-24(33)10-11-25(34)30(29)35)20-7-4-6-19(15-20)23-16-22(32(40)41-2)9-12-26(23)36-31(18)39/h4,6-7,9-12,15-18,27H,3,5,8,13-14H2,1-2H3,(H,36,39). The number of rotatable bonds is 3. The fraction of sp³-hybridized carbons (Fsp3) is 0.281. The normalized spacial score (nSPS) is 19.3. The average Bonchev–Trinajstić information content (AvgIpc) is 2.97. The lowest BCUT2D eigenvalue weighted by atomic mass is 9.90. The molecule has 2 unspecified atom stereocenters. The molecule has 0 spiro atoms. The van der Waals surface area contributed by atoms with Crippen LogP contribution < -0.4 is 5.32 Å². The third-order valence-electron chi connectivity index (χ3n) is 7.79. The number of hydrogen-bond acceptors (Lipinski definition) is 4. The summed E-state index contributed by atoms with van der Waals surface area (Å²) in [5, 5.41) is 3.03. The first-order valence-electron chi connectivity index (χ1n) is 13.5. The van der Waals surface area contributed by atoms with E-state index in [1.807, 2.05) is 36.1 Å². The van der Waals surface area contributed by atoms with Crippen molar-refractivity contribution in [1.29, 1.82) is 0 Å². The maximum atomic E-state index is 14.9. The molecule has 6 nitrogen and oxygen atoms in total. The zero-order valence-corrected chi connectivity index (χ0v) is 25.0. The number of ether oxygens (including phenoxy) is 1. The van der Waals surface area contributed by atoms with Crippen LogP contribution in [0.15, 0.2) is 65.1 Å². The van der Waals surface area contributed by atoms with Crippen molar-refractivity contribution < 1.29 is 23.5 Å². The summed E-state index contributed by atoms with van der Waals surface area (Å²) in [6.45, 7) is 2.29. The molecule has 2 amide bonds. The van der Waals surface area contributed by atoms with Gasteiger partial charge in [-0.15, -0.1) is 0 Å². The molecule has 3 aromatic carbocycles. The smallest absolute Gasteiger partial charge is 0.337 e. The van der Waals surface area contributed by atoms with E-state index in [2.05, 4.69) is 21.2 Å². The Morgan fingerprint density at radius 3 is 2.68 bits per heavy atom. The van der Waals surface area contributed by atoms with Crippen molar-refractivity contribution in [2.75, 3.05) is 19.0 Å². The summed E-state index contributed by atoms with van der Waals surface area (Å²) < 4.78 is 20.4. The highest BCUT2D eigenvalue weighted by atomic mass is 79.9. The molecule has 2 atom stereocenters. The van der Waals surface area contributed by atoms with E-state index in [-0.39, 0.29) is 28.8 Å². The first-order valence-corrected chi connectivity index (χ1v) is 14.6. The van der Waals surface area contributed by atoms with Crippen molar-refractivity contribution in [2.24, 2.45) is 5.92 Å². The molecule has 0 aliphatic carbocycles. The molecule has 0 fully saturated rings. The van der Waals surface area contributed by atoms with Crippen molar-refractivity contribution in [3.05, 3.63) is 92.7 Å². The van der Waals surface area contributed by atoms with Crippen LogP contribution in [0.1, 0.15) is 60.1 Å². The lowest BCUT2D eigenvalue weighted by Gasteiger charge is -2.35. The Morgan fingerprint density at radius 2 is 1.93 bits per heavy atom. The topological polar surface area (TPSA) is 75.7 Å². The van der Waals surface area contributed by atoms with E-state index in [4.69, 9.17) is 16.3 Å². The summed E-state index contributed by atoms with van der Waals surface area (Å²) in [7, 11) is 1.32. The van der Waals surface area contributed by atoms with E-state index in [9.17, 15) is 18.8 Å².